The van der Waals surface area contributed by atoms with Crippen molar-refractivity contribution in [3.63, 3.8) is 0 Å². The van der Waals surface area contributed by atoms with Crippen molar-refractivity contribution in [3.8, 4) is 6.07 Å². The van der Waals surface area contributed by atoms with Crippen molar-refractivity contribution in [1.29, 1.82) is 5.26 Å². The van der Waals surface area contributed by atoms with Crippen LogP contribution < -0.4 is 5.73 Å². The van der Waals surface area contributed by atoms with Crippen LogP contribution in [0.25, 0.3) is 5.57 Å². The lowest BCUT2D eigenvalue weighted by molar-refractivity contribution is -0.0872. The average molecular weight is 651 g/mol. The van der Waals surface area contributed by atoms with E-state index in [2.05, 4.69) is 25.8 Å². The van der Waals surface area contributed by atoms with Crippen LogP contribution in [-0.4, -0.2) is 42.4 Å². The number of alkyl halides is 3. The molecular formula is C34H43F5N4OS. The predicted octanol–water partition coefficient (Wildman–Crippen LogP) is 9.40. The fraction of sp³-hybridized carbons (Fsp3) is 0.529. The number of hydrogen-bond donors (Lipinski definition) is 1. The Morgan fingerprint density at radius 2 is 1.84 bits per heavy atom. The lowest BCUT2D eigenvalue weighted by Gasteiger charge is -2.35. The number of halogens is 5. The van der Waals surface area contributed by atoms with Gasteiger partial charge in [-0.1, -0.05) is 47.1 Å². The summed E-state index contributed by atoms with van der Waals surface area (Å²) in [6, 6.07) is 4.00. The van der Waals surface area contributed by atoms with E-state index in [9.17, 15) is 22.8 Å². The van der Waals surface area contributed by atoms with Crippen molar-refractivity contribution in [2.75, 3.05) is 14.2 Å². The summed E-state index contributed by atoms with van der Waals surface area (Å²) in [6.07, 6.45) is 0.509. The molecule has 0 spiro atoms. The van der Waals surface area contributed by atoms with Gasteiger partial charge in [0, 0.05) is 34.8 Å². The summed E-state index contributed by atoms with van der Waals surface area (Å²) >= 11 is 0.843. The number of methoxy groups -OCH3 is 1. The molecule has 1 aromatic carbocycles. The van der Waals surface area contributed by atoms with Crippen molar-refractivity contribution in [2.24, 2.45) is 22.6 Å². The van der Waals surface area contributed by atoms with Crippen molar-refractivity contribution < 1.29 is 26.7 Å². The summed E-state index contributed by atoms with van der Waals surface area (Å²) in [4.78, 5) is 6.25. The number of nitrogens with two attached hydrogens (primary N) is 1. The van der Waals surface area contributed by atoms with Gasteiger partial charge < -0.3 is 15.4 Å². The first kappa shape index (κ1) is 36.4. The van der Waals surface area contributed by atoms with E-state index in [-0.39, 0.29) is 39.2 Å². The summed E-state index contributed by atoms with van der Waals surface area (Å²) in [5.41, 5.74) is 3.74. The van der Waals surface area contributed by atoms with Gasteiger partial charge in [0.05, 0.1) is 30.0 Å². The van der Waals surface area contributed by atoms with Crippen LogP contribution in [0.2, 0.25) is 0 Å². The molecule has 1 aliphatic carbocycles. The second-order valence-corrected chi connectivity index (χ2v) is 12.8. The standard InChI is InChI=1S/C34H43F5N4OS/c1-9-12-27(44-8)42-31-23(20(6)43(7)21(11-3)15-19(5)18(4)10-2)16-25(34(37,38)39)29(30(31)36)22-13-14-26(35)32-28(22)24(17-40)33(41)45-32/h12-14,16,18-19,21,24,33H,9-11,15,41H2,1-8H3/b23-20+,27-12-,42-31+. The third kappa shape index (κ3) is 7.49. The van der Waals surface area contributed by atoms with Crippen LogP contribution in [0.15, 0.2) is 62.7 Å². The van der Waals surface area contributed by atoms with Gasteiger partial charge in [-0.2, -0.15) is 18.4 Å². The Hall–Kier alpha value is -3.10. The van der Waals surface area contributed by atoms with Crippen LogP contribution >= 0.6 is 11.8 Å². The Morgan fingerprint density at radius 1 is 1.18 bits per heavy atom. The van der Waals surface area contributed by atoms with Gasteiger partial charge in [0.25, 0.3) is 0 Å². The first-order chi connectivity index (χ1) is 21.2. The van der Waals surface area contributed by atoms with Gasteiger partial charge in [-0.15, -0.1) is 11.8 Å². The highest BCUT2D eigenvalue weighted by Gasteiger charge is 2.45. The van der Waals surface area contributed by atoms with Crippen LogP contribution in [0.5, 0.6) is 0 Å². The lowest BCUT2D eigenvalue weighted by Crippen LogP contribution is -2.34. The number of nitriles is 1. The molecule has 5 unspecified atom stereocenters. The molecule has 2 N–H and O–H groups in total. The smallest absolute Gasteiger partial charge is 0.417 e. The zero-order valence-electron chi connectivity index (χ0n) is 27.1. The molecule has 45 heavy (non-hydrogen) atoms. The van der Waals surface area contributed by atoms with Crippen LogP contribution in [0.4, 0.5) is 22.0 Å². The molecule has 5 atom stereocenters. The maximum Gasteiger partial charge on any atom is 0.417 e. The minimum Gasteiger partial charge on any atom is -0.481 e. The molecule has 1 heterocycles. The van der Waals surface area contributed by atoms with Crippen molar-refractivity contribution >= 4 is 23.0 Å². The van der Waals surface area contributed by atoms with Gasteiger partial charge in [-0.05, 0) is 67.4 Å². The van der Waals surface area contributed by atoms with E-state index in [1.165, 1.54) is 7.11 Å². The molecule has 2 aliphatic rings. The summed E-state index contributed by atoms with van der Waals surface area (Å²) in [5.74, 6) is -2.29. The van der Waals surface area contributed by atoms with E-state index < -0.39 is 40.3 Å². The minimum atomic E-state index is -5.00. The molecule has 246 valence electrons. The Labute approximate surface area is 267 Å². The average Bonchev–Trinajstić information content (AvgIpc) is 3.35. The molecule has 0 bridgehead atoms. The third-order valence-corrected chi connectivity index (χ3v) is 10.2. The molecule has 0 radical (unpaired) electrons. The largest absolute Gasteiger partial charge is 0.481 e. The Morgan fingerprint density at radius 3 is 2.38 bits per heavy atom. The van der Waals surface area contributed by atoms with E-state index >= 15 is 4.39 Å². The van der Waals surface area contributed by atoms with Gasteiger partial charge in [-0.25, -0.2) is 13.8 Å². The molecule has 0 saturated carbocycles. The molecule has 0 aromatic heterocycles. The fourth-order valence-electron chi connectivity index (χ4n) is 5.82. The molecule has 1 aromatic rings. The number of thioether (sulfide) groups is 1. The number of benzene rings is 1. The maximum atomic E-state index is 17.0. The summed E-state index contributed by atoms with van der Waals surface area (Å²) in [6.45, 7) is 12.0. The number of rotatable bonds is 11. The normalized spacial score (nSPS) is 22.9. The maximum absolute atomic E-state index is 17.0. The number of nitrogens with zero attached hydrogens (tertiary/aromatic N) is 3. The van der Waals surface area contributed by atoms with Gasteiger partial charge in [0.1, 0.15) is 11.5 Å². The molecule has 3 rings (SSSR count). The lowest BCUT2D eigenvalue weighted by atomic mass is 9.82. The number of ether oxygens (including phenoxy) is 1. The molecule has 0 saturated heterocycles. The monoisotopic (exact) mass is 650 g/mol. The van der Waals surface area contributed by atoms with Crippen LogP contribution in [0, 0.1) is 29.0 Å². The van der Waals surface area contributed by atoms with Crippen LogP contribution in [-0.2, 0) is 4.74 Å². The highest BCUT2D eigenvalue weighted by atomic mass is 32.2. The van der Waals surface area contributed by atoms with Gasteiger partial charge in [-0.3, -0.25) is 0 Å². The minimum absolute atomic E-state index is 0.0257. The summed E-state index contributed by atoms with van der Waals surface area (Å²) in [7, 11) is 3.15. The third-order valence-electron chi connectivity index (χ3n) is 9.00. The molecule has 1 aliphatic heterocycles. The summed E-state index contributed by atoms with van der Waals surface area (Å²) in [5, 5.41) is 8.91. The topological polar surface area (TPSA) is 74.6 Å². The van der Waals surface area contributed by atoms with E-state index in [1.54, 1.807) is 20.0 Å². The van der Waals surface area contributed by atoms with Crippen LogP contribution in [0.1, 0.15) is 84.3 Å². The fourth-order valence-corrected chi connectivity index (χ4v) is 6.97. The highest BCUT2D eigenvalue weighted by Crippen LogP contribution is 2.52. The number of fused-ring (bicyclic) bond motifs is 1. The van der Waals surface area contributed by atoms with E-state index in [0.717, 1.165) is 49.2 Å². The van der Waals surface area contributed by atoms with Crippen molar-refractivity contribution in [1.82, 2.24) is 4.90 Å². The van der Waals surface area contributed by atoms with Crippen molar-refractivity contribution in [2.45, 2.75) is 95.6 Å². The van der Waals surface area contributed by atoms with Crippen molar-refractivity contribution in [3.05, 3.63) is 69.8 Å². The SMILES string of the molecule is CC/C=C(/N=C1/C(F)=C(c2ccc(F)c3c2C(C#N)C(N)S3)C(C(F)(F)F)=C/C1=C(/C)N(C)C(CC)CC(C)C(C)CC)OC. The number of aliphatic imine (C=N–C) groups is 1. The molecular weight excluding hydrogens is 607 g/mol. The Bertz CT molecular complexity index is 1470. The van der Waals surface area contributed by atoms with E-state index in [1.807, 2.05) is 24.8 Å². The van der Waals surface area contributed by atoms with E-state index in [4.69, 9.17) is 10.5 Å². The Balaban J connectivity index is 2.39. The second-order valence-electron chi connectivity index (χ2n) is 11.7. The zero-order valence-corrected chi connectivity index (χ0v) is 28.0. The summed E-state index contributed by atoms with van der Waals surface area (Å²) < 4.78 is 82.0. The first-order valence-electron chi connectivity index (χ1n) is 15.3. The Kier molecular flexibility index (Phi) is 12.1. The first-order valence-corrected chi connectivity index (χ1v) is 16.1. The number of allylic oxidation sites excluding steroid dienone is 7. The van der Waals surface area contributed by atoms with Gasteiger partial charge in [0.2, 0.25) is 5.88 Å². The van der Waals surface area contributed by atoms with Crippen LogP contribution in [0.3, 0.4) is 0 Å². The predicted molar refractivity (Wildman–Crippen MR) is 171 cm³/mol. The highest BCUT2D eigenvalue weighted by molar-refractivity contribution is 8.00. The zero-order chi connectivity index (χ0) is 33.8. The van der Waals surface area contributed by atoms with Gasteiger partial charge in [0.15, 0.2) is 5.83 Å². The van der Waals surface area contributed by atoms with E-state index in [0.29, 0.717) is 24.0 Å². The molecule has 11 heteroatoms. The van der Waals surface area contributed by atoms with Gasteiger partial charge >= 0.3 is 6.18 Å². The second kappa shape index (κ2) is 15.0. The number of hydrogen-bond acceptors (Lipinski definition) is 6. The molecule has 5 nitrogen and oxygen atoms in total. The molecule has 0 fully saturated rings. The quantitative estimate of drug-likeness (QED) is 0.191. The molecule has 0 amide bonds.